The quantitative estimate of drug-likeness (QED) is 0.711. The molecular weight excluding hydrogens is 162 g/mol. The Kier molecular flexibility index (Phi) is 1.97. The predicted molar refractivity (Wildman–Crippen MR) is 52.6 cm³/mol. The van der Waals surface area contributed by atoms with E-state index in [1.165, 1.54) is 26.0 Å². The van der Waals surface area contributed by atoms with E-state index >= 15 is 0 Å². The lowest BCUT2D eigenvalue weighted by atomic mass is 9.88. The predicted octanol–water partition coefficient (Wildman–Crippen LogP) is 2.30. The first kappa shape index (κ1) is 9.47. The van der Waals surface area contributed by atoms with Crippen LogP contribution in [0.15, 0.2) is 0 Å². The van der Waals surface area contributed by atoms with Gasteiger partial charge >= 0.3 is 0 Å². The summed E-state index contributed by atoms with van der Waals surface area (Å²) in [6, 6.07) is 0. The molecule has 0 aromatic rings. The molecule has 2 heteroatoms. The van der Waals surface area contributed by atoms with Gasteiger partial charge < -0.3 is 10.5 Å². The molecule has 13 heavy (non-hydrogen) atoms. The molecule has 0 amide bonds. The number of rotatable bonds is 2. The zero-order chi connectivity index (χ0) is 9.69. The summed E-state index contributed by atoms with van der Waals surface area (Å²) >= 11 is 0. The van der Waals surface area contributed by atoms with Gasteiger partial charge in [-0.25, -0.2) is 0 Å². The van der Waals surface area contributed by atoms with Gasteiger partial charge in [-0.2, -0.15) is 0 Å². The van der Waals surface area contributed by atoms with Gasteiger partial charge in [0.2, 0.25) is 0 Å². The minimum Gasteiger partial charge on any atom is -0.352 e. The normalized spacial score (nSPS) is 47.1. The van der Waals surface area contributed by atoms with Crippen molar-refractivity contribution in [2.75, 3.05) is 0 Å². The Morgan fingerprint density at radius 3 is 2.69 bits per heavy atom. The number of hydrogen-bond donors (Lipinski definition) is 1. The van der Waals surface area contributed by atoms with Gasteiger partial charge in [0.15, 0.2) is 0 Å². The molecule has 2 N–H and O–H groups in total. The van der Waals surface area contributed by atoms with Crippen LogP contribution < -0.4 is 5.73 Å². The molecule has 2 aliphatic rings. The summed E-state index contributed by atoms with van der Waals surface area (Å²) in [6.07, 6.45) is 3.84. The van der Waals surface area contributed by atoms with Crippen molar-refractivity contribution in [1.29, 1.82) is 0 Å². The Hall–Kier alpha value is -0.0800. The van der Waals surface area contributed by atoms with Gasteiger partial charge in [0.1, 0.15) is 6.73 Å². The zero-order valence-corrected chi connectivity index (χ0v) is 8.84. The molecule has 0 aromatic heterocycles. The van der Waals surface area contributed by atoms with Gasteiger partial charge in [0.25, 0.3) is 0 Å². The average molecular weight is 182 g/mol. The van der Waals surface area contributed by atoms with Gasteiger partial charge in [-0.05, 0) is 30.1 Å². The van der Waals surface area contributed by atoms with E-state index in [1.54, 1.807) is 0 Å². The minimum atomic E-state index is 0.0828. The molecule has 0 spiro atoms. The average Bonchev–Trinajstić information content (AvgIpc) is 2.48. The summed E-state index contributed by atoms with van der Waals surface area (Å²) in [5.74, 6) is 1.52. The summed E-state index contributed by atoms with van der Waals surface area (Å²) in [4.78, 5) is 0. The number of hydrogen-bond acceptors (Lipinski definition) is 2. The van der Waals surface area contributed by atoms with Crippen molar-refractivity contribution in [2.45, 2.75) is 45.6 Å². The lowest BCUT2D eigenvalue weighted by Crippen LogP contribution is -2.28. The zero-order valence-electron chi connectivity index (χ0n) is 8.84. The molecule has 0 heterocycles. The number of fused-ring (bicyclic) bond motifs is 1. The highest BCUT2D eigenvalue weighted by molar-refractivity contribution is 5.22. The summed E-state index contributed by atoms with van der Waals surface area (Å²) in [7, 11) is 0. The standard InChI is InChI=1S/C11H20NO/c1-8-4-5-9-10(2,3)11(9,6-8)13-7-12/h7-9H,4-6,12H2,1-3H3. The molecule has 2 nitrogen and oxygen atoms in total. The Balaban J connectivity index is 2.15. The summed E-state index contributed by atoms with van der Waals surface area (Å²) in [5, 5.41) is 0. The summed E-state index contributed by atoms with van der Waals surface area (Å²) in [6.45, 7) is 8.31. The summed E-state index contributed by atoms with van der Waals surface area (Å²) < 4.78 is 5.68. The van der Waals surface area contributed by atoms with Gasteiger partial charge in [-0.1, -0.05) is 27.2 Å². The van der Waals surface area contributed by atoms with Gasteiger partial charge in [0, 0.05) is 0 Å². The van der Waals surface area contributed by atoms with Crippen LogP contribution >= 0.6 is 0 Å². The maximum Gasteiger partial charge on any atom is 0.146 e. The van der Waals surface area contributed by atoms with Crippen LogP contribution in [0.25, 0.3) is 0 Å². The van der Waals surface area contributed by atoms with Crippen LogP contribution in [-0.2, 0) is 4.74 Å². The maximum absolute atomic E-state index is 5.68. The van der Waals surface area contributed by atoms with Gasteiger partial charge in [-0.3, -0.25) is 0 Å². The van der Waals surface area contributed by atoms with Crippen LogP contribution in [0.1, 0.15) is 40.0 Å². The molecule has 2 aliphatic carbocycles. The van der Waals surface area contributed by atoms with Crippen LogP contribution in [0.5, 0.6) is 0 Å². The molecule has 0 aromatic carbocycles. The molecule has 75 valence electrons. The first-order chi connectivity index (χ1) is 6.04. The fraction of sp³-hybridized carbons (Fsp3) is 0.909. The molecule has 2 saturated carbocycles. The number of nitrogens with two attached hydrogens (primary N) is 1. The SMILES string of the molecule is CC1CCC2C(C)(C)C2(O[CH]N)C1. The highest BCUT2D eigenvalue weighted by atomic mass is 16.5. The lowest BCUT2D eigenvalue weighted by Gasteiger charge is -2.27. The van der Waals surface area contributed by atoms with E-state index in [0.29, 0.717) is 5.41 Å². The number of ether oxygens (including phenoxy) is 1. The molecule has 3 atom stereocenters. The van der Waals surface area contributed by atoms with Gasteiger partial charge in [-0.15, -0.1) is 0 Å². The third kappa shape index (κ3) is 1.08. The van der Waals surface area contributed by atoms with Crippen molar-refractivity contribution >= 4 is 0 Å². The molecule has 2 rings (SSSR count). The molecular formula is C11H20NO. The second kappa shape index (κ2) is 2.71. The Morgan fingerprint density at radius 1 is 1.38 bits per heavy atom. The first-order valence-electron chi connectivity index (χ1n) is 5.26. The topological polar surface area (TPSA) is 35.2 Å². The highest BCUT2D eigenvalue weighted by Crippen LogP contribution is 2.70. The van der Waals surface area contributed by atoms with Crippen LogP contribution in [0.4, 0.5) is 0 Å². The third-order valence-corrected chi connectivity index (χ3v) is 4.32. The fourth-order valence-electron chi connectivity index (χ4n) is 3.40. The van der Waals surface area contributed by atoms with Crippen molar-refractivity contribution in [2.24, 2.45) is 23.0 Å². The van der Waals surface area contributed by atoms with Crippen LogP contribution in [0, 0.1) is 24.0 Å². The van der Waals surface area contributed by atoms with Crippen molar-refractivity contribution in [1.82, 2.24) is 0 Å². The Bertz CT molecular complexity index is 214. The van der Waals surface area contributed by atoms with E-state index in [2.05, 4.69) is 20.8 Å². The molecule has 3 unspecified atom stereocenters. The fourth-order valence-corrected chi connectivity index (χ4v) is 3.40. The van der Waals surface area contributed by atoms with E-state index in [4.69, 9.17) is 10.5 Å². The minimum absolute atomic E-state index is 0.0828. The molecule has 1 radical (unpaired) electrons. The highest BCUT2D eigenvalue weighted by Gasteiger charge is 2.72. The second-order valence-corrected chi connectivity index (χ2v) is 5.30. The van der Waals surface area contributed by atoms with Crippen molar-refractivity contribution in [3.63, 3.8) is 0 Å². The maximum atomic E-state index is 5.68. The molecule has 0 bridgehead atoms. The van der Waals surface area contributed by atoms with Crippen molar-refractivity contribution in [3.8, 4) is 0 Å². The van der Waals surface area contributed by atoms with Crippen LogP contribution in [0.3, 0.4) is 0 Å². The monoisotopic (exact) mass is 182 g/mol. The van der Waals surface area contributed by atoms with E-state index in [9.17, 15) is 0 Å². The smallest absolute Gasteiger partial charge is 0.146 e. The molecule has 2 fully saturated rings. The second-order valence-electron chi connectivity index (χ2n) is 5.30. The summed E-state index contributed by atoms with van der Waals surface area (Å²) in [5.41, 5.74) is 5.81. The van der Waals surface area contributed by atoms with E-state index < -0.39 is 0 Å². The largest absolute Gasteiger partial charge is 0.352 e. The van der Waals surface area contributed by atoms with Gasteiger partial charge in [0.05, 0.1) is 5.60 Å². The third-order valence-electron chi connectivity index (χ3n) is 4.32. The lowest BCUT2D eigenvalue weighted by molar-refractivity contribution is 0.0134. The van der Waals surface area contributed by atoms with Crippen molar-refractivity contribution < 1.29 is 4.74 Å². The Morgan fingerprint density at radius 2 is 2.08 bits per heavy atom. The van der Waals surface area contributed by atoms with E-state index in [-0.39, 0.29) is 5.60 Å². The van der Waals surface area contributed by atoms with Crippen molar-refractivity contribution in [3.05, 3.63) is 6.73 Å². The molecule has 0 aliphatic heterocycles. The van der Waals surface area contributed by atoms with Crippen LogP contribution in [-0.4, -0.2) is 5.60 Å². The first-order valence-corrected chi connectivity index (χ1v) is 5.26. The van der Waals surface area contributed by atoms with E-state index in [1.807, 2.05) is 0 Å². The Labute approximate surface area is 80.8 Å². The molecule has 0 saturated heterocycles. The van der Waals surface area contributed by atoms with E-state index in [0.717, 1.165) is 11.8 Å². The van der Waals surface area contributed by atoms with Crippen LogP contribution in [0.2, 0.25) is 0 Å².